The van der Waals surface area contributed by atoms with Crippen molar-refractivity contribution in [3.05, 3.63) is 78.1 Å². The van der Waals surface area contributed by atoms with E-state index in [0.717, 1.165) is 36.0 Å². The van der Waals surface area contributed by atoms with E-state index in [-0.39, 0.29) is 25.3 Å². The van der Waals surface area contributed by atoms with Crippen LogP contribution in [0.3, 0.4) is 0 Å². The average Bonchev–Trinajstić information content (AvgIpc) is 3.36. The number of nitrogens with zero attached hydrogens (tertiary/aromatic N) is 5. The molecule has 1 saturated carbocycles. The summed E-state index contributed by atoms with van der Waals surface area (Å²) >= 11 is 0. The number of hydrogen-bond acceptors (Lipinski definition) is 8. The Balaban J connectivity index is 1.23. The van der Waals surface area contributed by atoms with Gasteiger partial charge in [-0.15, -0.1) is 10.2 Å². The Morgan fingerprint density at radius 2 is 1.78 bits per heavy atom. The number of aromatic nitrogens is 4. The molecule has 13 heteroatoms. The summed E-state index contributed by atoms with van der Waals surface area (Å²) in [5, 5.41) is 28.9. The molecule has 4 unspecified atom stereocenters. The van der Waals surface area contributed by atoms with Gasteiger partial charge in [0.15, 0.2) is 5.82 Å². The van der Waals surface area contributed by atoms with Crippen molar-refractivity contribution < 1.29 is 29.0 Å². The number of nitrogens with one attached hydrogen (secondary N) is 2. The summed E-state index contributed by atoms with van der Waals surface area (Å²) in [6.07, 6.45) is 7.39. The molecule has 6 rings (SSSR count). The molecule has 3 amide bonds. The summed E-state index contributed by atoms with van der Waals surface area (Å²) in [6, 6.07) is 15.8. The van der Waals surface area contributed by atoms with Crippen LogP contribution in [0.25, 0.3) is 11.1 Å². The second-order valence-electron chi connectivity index (χ2n) is 14.5. The number of alkyl carbamates (subject to hydrolysis) is 1. The molecule has 3 heterocycles. The van der Waals surface area contributed by atoms with Crippen molar-refractivity contribution in [2.75, 3.05) is 6.54 Å². The number of carboxylic acid groups (broad SMARTS) is 1. The predicted octanol–water partition coefficient (Wildman–Crippen LogP) is 4.45. The van der Waals surface area contributed by atoms with E-state index in [4.69, 9.17) is 4.74 Å². The summed E-state index contributed by atoms with van der Waals surface area (Å²) in [4.78, 5) is 56.3. The van der Waals surface area contributed by atoms with Crippen molar-refractivity contribution in [1.82, 2.24) is 35.7 Å². The van der Waals surface area contributed by atoms with Crippen LogP contribution in [-0.2, 0) is 25.5 Å². The van der Waals surface area contributed by atoms with Crippen LogP contribution in [0.1, 0.15) is 83.1 Å². The SMILES string of the molecule is CC(C)(C)OC(=O)NC1CCCCC/C=C\C2CC2(C(=O)O)NC(=O)C2C[C@@H](n3nnc(Cc4ccc(-c5ccccc5)cc4)n3)CN2C1=O. The van der Waals surface area contributed by atoms with E-state index >= 15 is 0 Å². The van der Waals surface area contributed by atoms with Crippen molar-refractivity contribution in [2.24, 2.45) is 5.92 Å². The Bertz CT molecular complexity index is 1730. The number of ether oxygens (including phenoxy) is 1. The van der Waals surface area contributed by atoms with Crippen LogP contribution in [0.15, 0.2) is 66.7 Å². The molecular weight excluding hydrogens is 638 g/mol. The van der Waals surface area contributed by atoms with Crippen molar-refractivity contribution in [1.29, 1.82) is 0 Å². The molecule has 3 aromatic rings. The molecule has 5 atom stereocenters. The first-order valence-corrected chi connectivity index (χ1v) is 17.4. The Morgan fingerprint density at radius 1 is 1.04 bits per heavy atom. The standard InChI is InChI=1S/C37H45N7O6/c1-36(2,3)50-35(49)38-29-15-11-6-4-5-10-14-27-22-37(27,34(47)48)39-32(45)30-21-28(23-43(30)33(29)46)44-41-31(40-42-44)20-24-16-18-26(19-17-24)25-12-8-7-9-13-25/h7-10,12-14,16-19,27-30H,4-6,11,15,20-23H2,1-3H3,(H,38,49)(H,39,45)(H,47,48)/b14-10-/t27?,28-,29?,30?,37?/m1/s1. The number of aliphatic carboxylic acids is 1. The van der Waals surface area contributed by atoms with Gasteiger partial charge in [-0.25, -0.2) is 9.59 Å². The molecule has 2 fully saturated rings. The molecule has 50 heavy (non-hydrogen) atoms. The lowest BCUT2D eigenvalue weighted by Crippen LogP contribution is -2.56. The second kappa shape index (κ2) is 14.4. The second-order valence-corrected chi connectivity index (χ2v) is 14.5. The van der Waals surface area contributed by atoms with Gasteiger partial charge < -0.3 is 25.4 Å². The van der Waals surface area contributed by atoms with E-state index in [1.54, 1.807) is 20.8 Å². The molecule has 1 aromatic heterocycles. The highest BCUT2D eigenvalue weighted by Crippen LogP contribution is 2.45. The molecule has 3 N–H and O–H groups in total. The number of carbonyl (C=O) groups is 4. The smallest absolute Gasteiger partial charge is 0.408 e. The molecule has 0 spiro atoms. The normalized spacial score (nSPS) is 26.4. The highest BCUT2D eigenvalue weighted by molar-refractivity contribution is 5.96. The molecule has 3 aliphatic rings. The number of carbonyl (C=O) groups excluding carboxylic acids is 3. The van der Waals surface area contributed by atoms with Gasteiger partial charge in [0.2, 0.25) is 11.8 Å². The highest BCUT2D eigenvalue weighted by atomic mass is 16.6. The van der Waals surface area contributed by atoms with Gasteiger partial charge >= 0.3 is 12.1 Å². The van der Waals surface area contributed by atoms with Gasteiger partial charge in [0, 0.05) is 25.3 Å². The van der Waals surface area contributed by atoms with Crippen LogP contribution >= 0.6 is 0 Å². The van der Waals surface area contributed by atoms with Crippen LogP contribution < -0.4 is 10.6 Å². The first-order valence-electron chi connectivity index (χ1n) is 17.4. The Morgan fingerprint density at radius 3 is 2.50 bits per heavy atom. The van der Waals surface area contributed by atoms with Gasteiger partial charge in [0.05, 0.1) is 6.04 Å². The van der Waals surface area contributed by atoms with Crippen molar-refractivity contribution in [3.63, 3.8) is 0 Å². The van der Waals surface area contributed by atoms with Crippen molar-refractivity contribution in [3.8, 4) is 11.1 Å². The molecule has 2 aliphatic heterocycles. The van der Waals surface area contributed by atoms with Gasteiger partial charge in [-0.3, -0.25) is 9.59 Å². The fourth-order valence-corrected chi connectivity index (χ4v) is 6.80. The van der Waals surface area contributed by atoms with Crippen LogP contribution in [0.4, 0.5) is 4.79 Å². The number of allylic oxidation sites excluding steroid dienone is 1. The monoisotopic (exact) mass is 683 g/mol. The topological polar surface area (TPSA) is 169 Å². The summed E-state index contributed by atoms with van der Waals surface area (Å²) in [6.45, 7) is 5.31. The van der Waals surface area contributed by atoms with E-state index < -0.39 is 53.1 Å². The molecule has 13 nitrogen and oxygen atoms in total. The van der Waals surface area contributed by atoms with Crippen molar-refractivity contribution in [2.45, 2.75) is 101 Å². The lowest BCUT2D eigenvalue weighted by molar-refractivity contribution is -0.145. The zero-order valence-corrected chi connectivity index (χ0v) is 28.7. The number of fused-ring (bicyclic) bond motifs is 2. The van der Waals surface area contributed by atoms with Gasteiger partial charge in [-0.1, -0.05) is 79.6 Å². The summed E-state index contributed by atoms with van der Waals surface area (Å²) < 4.78 is 5.47. The quantitative estimate of drug-likeness (QED) is 0.318. The minimum Gasteiger partial charge on any atom is -0.479 e. The lowest BCUT2D eigenvalue weighted by atomic mass is 10.0. The third-order valence-corrected chi connectivity index (χ3v) is 9.55. The first-order chi connectivity index (χ1) is 23.9. The molecule has 264 valence electrons. The third-order valence-electron chi connectivity index (χ3n) is 9.55. The molecule has 1 aliphatic carbocycles. The number of rotatable bonds is 6. The number of tetrazole rings is 1. The molecule has 2 aromatic carbocycles. The highest BCUT2D eigenvalue weighted by Gasteiger charge is 2.61. The third kappa shape index (κ3) is 8.03. The average molecular weight is 684 g/mol. The largest absolute Gasteiger partial charge is 0.479 e. The maximum Gasteiger partial charge on any atom is 0.408 e. The van der Waals surface area contributed by atoms with Crippen LogP contribution in [0, 0.1) is 5.92 Å². The van der Waals surface area contributed by atoms with E-state index in [9.17, 15) is 24.3 Å². The minimum absolute atomic E-state index is 0.0778. The molecular formula is C37H45N7O6. The Kier molecular flexibility index (Phi) is 10.0. The maximum atomic E-state index is 14.3. The first kappa shape index (κ1) is 34.8. The van der Waals surface area contributed by atoms with Gasteiger partial charge in [-0.05, 0) is 68.4 Å². The summed E-state index contributed by atoms with van der Waals surface area (Å²) in [5.41, 5.74) is 1.02. The van der Waals surface area contributed by atoms with Crippen molar-refractivity contribution >= 4 is 23.9 Å². The predicted molar refractivity (Wildman–Crippen MR) is 184 cm³/mol. The van der Waals surface area contributed by atoms with E-state index in [1.807, 2.05) is 54.6 Å². The van der Waals surface area contributed by atoms with Crippen LogP contribution in [-0.4, -0.2) is 83.9 Å². The van der Waals surface area contributed by atoms with Gasteiger partial charge in [0.25, 0.3) is 0 Å². The Hall–Kier alpha value is -5.07. The number of hydrogen-bond donors (Lipinski definition) is 3. The minimum atomic E-state index is -1.43. The number of carboxylic acids is 1. The number of benzene rings is 2. The summed E-state index contributed by atoms with van der Waals surface area (Å²) in [5.74, 6) is -1.97. The molecule has 1 saturated heterocycles. The Labute approximate surface area is 291 Å². The maximum absolute atomic E-state index is 14.3. The lowest BCUT2D eigenvalue weighted by Gasteiger charge is -2.30. The fraction of sp³-hybridized carbons (Fsp3) is 0.486. The van der Waals surface area contributed by atoms with E-state index in [0.29, 0.717) is 25.1 Å². The van der Waals surface area contributed by atoms with Gasteiger partial charge in [0.1, 0.15) is 23.2 Å². The zero-order chi connectivity index (χ0) is 35.5. The van der Waals surface area contributed by atoms with E-state index in [1.165, 1.54) is 9.70 Å². The van der Waals surface area contributed by atoms with Gasteiger partial charge in [-0.2, -0.15) is 4.80 Å². The number of amides is 3. The zero-order valence-electron chi connectivity index (χ0n) is 28.7. The molecule has 0 radical (unpaired) electrons. The fourth-order valence-electron chi connectivity index (χ4n) is 6.80. The van der Waals surface area contributed by atoms with Crippen LogP contribution in [0.2, 0.25) is 0 Å². The summed E-state index contributed by atoms with van der Waals surface area (Å²) in [7, 11) is 0. The molecule has 0 bridgehead atoms. The van der Waals surface area contributed by atoms with E-state index in [2.05, 4.69) is 38.2 Å². The van der Waals surface area contributed by atoms with Crippen LogP contribution in [0.5, 0.6) is 0 Å².